The number of H-pyrrole nitrogens is 1. The quantitative estimate of drug-likeness (QED) is 0.260. The smallest absolute Gasteiger partial charge is 0.290 e. The van der Waals surface area contributed by atoms with E-state index in [1.165, 1.54) is 35.6 Å². The molecule has 0 atom stereocenters. The van der Waals surface area contributed by atoms with E-state index in [4.69, 9.17) is 11.6 Å². The molecule has 9 nitrogen and oxygen atoms in total. The maximum absolute atomic E-state index is 12.9. The minimum atomic E-state index is -0.670. The van der Waals surface area contributed by atoms with Crippen LogP contribution in [0.2, 0.25) is 5.02 Å². The lowest BCUT2D eigenvalue weighted by atomic mass is 10.2. The van der Waals surface area contributed by atoms with Crippen LogP contribution in [-0.4, -0.2) is 20.6 Å². The highest BCUT2D eigenvalue weighted by Gasteiger charge is 2.23. The monoisotopic (exact) mass is 441 g/mol. The van der Waals surface area contributed by atoms with Gasteiger partial charge in [-0.25, -0.2) is 0 Å². The third-order valence-corrected chi connectivity index (χ3v) is 5.96. The van der Waals surface area contributed by atoms with Crippen LogP contribution < -0.4 is 5.56 Å². The first-order valence-corrected chi connectivity index (χ1v) is 9.76. The number of aromatic nitrogens is 2. The van der Waals surface area contributed by atoms with Crippen molar-refractivity contribution in [1.29, 1.82) is 0 Å². The number of fused-ring (bicyclic) bond motifs is 1. The molecule has 0 amide bonds. The van der Waals surface area contributed by atoms with Crippen LogP contribution >= 0.6 is 22.9 Å². The van der Waals surface area contributed by atoms with E-state index in [0.717, 1.165) is 14.8 Å². The summed E-state index contributed by atoms with van der Waals surface area (Å²) in [4.78, 5) is 36.1. The Morgan fingerprint density at radius 1 is 1.17 bits per heavy atom. The topological polar surface area (TPSA) is 123 Å². The maximum Gasteiger partial charge on any atom is 0.302 e. The zero-order valence-corrected chi connectivity index (χ0v) is 16.9. The van der Waals surface area contributed by atoms with E-state index >= 15 is 0 Å². The van der Waals surface area contributed by atoms with Crippen LogP contribution in [0.25, 0.3) is 10.1 Å². The Bertz CT molecular complexity index is 1380. The van der Waals surface area contributed by atoms with E-state index in [1.54, 1.807) is 13.0 Å². The van der Waals surface area contributed by atoms with E-state index in [1.807, 2.05) is 18.2 Å². The van der Waals surface area contributed by atoms with Crippen molar-refractivity contribution in [2.75, 3.05) is 0 Å². The molecule has 2 aromatic heterocycles. The number of rotatable bonds is 4. The largest absolute Gasteiger partial charge is 0.302 e. The van der Waals surface area contributed by atoms with E-state index < -0.39 is 16.4 Å². The number of azo groups is 1. The molecule has 0 saturated heterocycles. The summed E-state index contributed by atoms with van der Waals surface area (Å²) in [6.45, 7) is 1.59. The Balaban J connectivity index is 1.67. The van der Waals surface area contributed by atoms with Crippen LogP contribution in [0.1, 0.15) is 15.4 Å². The van der Waals surface area contributed by atoms with Gasteiger partial charge >= 0.3 is 5.56 Å². The SMILES string of the molecule is Cc1[nH]n(C(=O)c2sc3ccccc3c2Cl)c(=O)c1N=Nc1ccc([N+](=O)[O-])cc1. The number of nitro groups is 1. The number of carbonyl (C=O) groups is 1. The predicted molar refractivity (Wildman–Crippen MR) is 114 cm³/mol. The molecule has 0 unspecified atom stereocenters. The summed E-state index contributed by atoms with van der Waals surface area (Å²) in [5, 5.41) is 22.3. The fourth-order valence-electron chi connectivity index (χ4n) is 2.80. The van der Waals surface area contributed by atoms with Gasteiger partial charge in [-0.3, -0.25) is 24.8 Å². The standard InChI is InChI=1S/C19H12ClN5O4S/c1-10-16(22-21-11-6-8-12(9-7-11)25(28)29)18(26)24(23-10)19(27)17-15(20)13-4-2-3-5-14(13)30-17/h2-9,23H,1H3. The summed E-state index contributed by atoms with van der Waals surface area (Å²) in [6, 6.07) is 12.7. The number of thiophene rings is 1. The highest BCUT2D eigenvalue weighted by molar-refractivity contribution is 7.21. The van der Waals surface area contributed by atoms with Crippen molar-refractivity contribution < 1.29 is 9.72 Å². The highest BCUT2D eigenvalue weighted by atomic mass is 35.5. The minimum Gasteiger partial charge on any atom is -0.290 e. The Hall–Kier alpha value is -3.63. The molecule has 4 aromatic rings. The molecule has 0 spiro atoms. The number of carbonyl (C=O) groups excluding carboxylic acids is 1. The third-order valence-electron chi connectivity index (χ3n) is 4.30. The molecule has 2 heterocycles. The third kappa shape index (κ3) is 3.42. The fraction of sp³-hybridized carbons (Fsp3) is 0.0526. The van der Waals surface area contributed by atoms with Gasteiger partial charge in [0.25, 0.3) is 11.6 Å². The van der Waals surface area contributed by atoms with Gasteiger partial charge in [0.05, 0.1) is 21.3 Å². The Morgan fingerprint density at radius 3 is 2.53 bits per heavy atom. The van der Waals surface area contributed by atoms with Crippen molar-refractivity contribution >= 4 is 56.0 Å². The minimum absolute atomic E-state index is 0.0427. The molecule has 2 aromatic carbocycles. The summed E-state index contributed by atoms with van der Waals surface area (Å²) in [5.74, 6) is -0.592. The first-order valence-electron chi connectivity index (χ1n) is 8.56. The van der Waals surface area contributed by atoms with Gasteiger partial charge in [-0.05, 0) is 25.1 Å². The van der Waals surface area contributed by atoms with E-state index in [-0.39, 0.29) is 21.3 Å². The number of aryl methyl sites for hydroxylation is 1. The molecule has 0 aliphatic heterocycles. The van der Waals surface area contributed by atoms with Gasteiger partial charge in [0.1, 0.15) is 4.88 Å². The van der Waals surface area contributed by atoms with Gasteiger partial charge in [-0.15, -0.1) is 16.5 Å². The average molecular weight is 442 g/mol. The number of hydrogen-bond donors (Lipinski definition) is 1. The summed E-state index contributed by atoms with van der Waals surface area (Å²) in [7, 11) is 0. The second kappa shape index (κ2) is 7.65. The molecule has 4 rings (SSSR count). The molecule has 0 radical (unpaired) electrons. The summed E-state index contributed by atoms with van der Waals surface area (Å²) in [6.07, 6.45) is 0. The molecule has 0 aliphatic rings. The van der Waals surface area contributed by atoms with Crippen molar-refractivity contribution in [1.82, 2.24) is 9.78 Å². The van der Waals surface area contributed by atoms with Crippen LogP contribution in [-0.2, 0) is 0 Å². The van der Waals surface area contributed by atoms with Crippen molar-refractivity contribution in [2.45, 2.75) is 6.92 Å². The second-order valence-electron chi connectivity index (χ2n) is 6.25. The van der Waals surface area contributed by atoms with Gasteiger partial charge in [-0.2, -0.15) is 9.80 Å². The molecule has 150 valence electrons. The molecule has 0 aliphatic carbocycles. The number of aromatic amines is 1. The number of nitro benzene ring substituents is 1. The highest BCUT2D eigenvalue weighted by Crippen LogP contribution is 2.35. The summed E-state index contributed by atoms with van der Waals surface area (Å²) >= 11 is 7.54. The second-order valence-corrected chi connectivity index (χ2v) is 7.68. The summed E-state index contributed by atoms with van der Waals surface area (Å²) < 4.78 is 1.68. The first kappa shape index (κ1) is 19.7. The van der Waals surface area contributed by atoms with Crippen LogP contribution in [0.5, 0.6) is 0 Å². The zero-order chi connectivity index (χ0) is 21.4. The van der Waals surface area contributed by atoms with Crippen LogP contribution in [0.15, 0.2) is 63.6 Å². The van der Waals surface area contributed by atoms with Crippen molar-refractivity contribution in [3.63, 3.8) is 0 Å². The van der Waals surface area contributed by atoms with Gasteiger partial charge < -0.3 is 0 Å². The van der Waals surface area contributed by atoms with Crippen LogP contribution in [0.4, 0.5) is 17.1 Å². The Kier molecular flexibility index (Phi) is 5.02. The lowest BCUT2D eigenvalue weighted by molar-refractivity contribution is -0.384. The molecule has 0 fully saturated rings. The average Bonchev–Trinajstić information content (AvgIpc) is 3.23. The Morgan fingerprint density at radius 2 is 1.87 bits per heavy atom. The number of hydrogen-bond acceptors (Lipinski definition) is 7. The number of nitrogens with one attached hydrogen (secondary N) is 1. The van der Waals surface area contributed by atoms with Crippen molar-refractivity contribution in [3.05, 3.63) is 84.6 Å². The number of benzene rings is 2. The molecule has 0 saturated carbocycles. The molecule has 0 bridgehead atoms. The number of nitrogens with zero attached hydrogens (tertiary/aromatic N) is 4. The molecule has 30 heavy (non-hydrogen) atoms. The first-order chi connectivity index (χ1) is 14.4. The normalized spacial score (nSPS) is 11.4. The predicted octanol–water partition coefficient (Wildman–Crippen LogP) is 5.37. The van der Waals surface area contributed by atoms with Crippen LogP contribution in [0, 0.1) is 17.0 Å². The zero-order valence-electron chi connectivity index (χ0n) is 15.3. The van der Waals surface area contributed by atoms with Crippen molar-refractivity contribution in [3.8, 4) is 0 Å². The lowest BCUT2D eigenvalue weighted by Gasteiger charge is -1.98. The fourth-order valence-corrected chi connectivity index (χ4v) is 4.24. The molecule has 1 N–H and O–H groups in total. The Labute approximate surface area is 177 Å². The summed E-state index contributed by atoms with van der Waals surface area (Å²) in [5.41, 5.74) is -0.127. The maximum atomic E-state index is 12.9. The molecular formula is C19H12ClN5O4S. The molecule has 11 heteroatoms. The van der Waals surface area contributed by atoms with Crippen molar-refractivity contribution in [2.24, 2.45) is 10.2 Å². The van der Waals surface area contributed by atoms with E-state index in [2.05, 4.69) is 15.3 Å². The molecular weight excluding hydrogens is 430 g/mol. The van der Waals surface area contributed by atoms with Gasteiger partial charge in [0.15, 0.2) is 5.69 Å². The lowest BCUT2D eigenvalue weighted by Crippen LogP contribution is -2.24. The number of non-ortho nitro benzene ring substituents is 1. The number of halogens is 1. The van der Waals surface area contributed by atoms with Gasteiger partial charge in [-0.1, -0.05) is 29.8 Å². The van der Waals surface area contributed by atoms with Crippen LogP contribution in [0.3, 0.4) is 0 Å². The van der Waals surface area contributed by atoms with Gasteiger partial charge in [0.2, 0.25) is 0 Å². The van der Waals surface area contributed by atoms with Gasteiger partial charge in [0, 0.05) is 22.2 Å². The van der Waals surface area contributed by atoms with E-state index in [0.29, 0.717) is 11.4 Å². The van der Waals surface area contributed by atoms with E-state index in [9.17, 15) is 19.7 Å².